The van der Waals surface area contributed by atoms with Crippen LogP contribution in [0.3, 0.4) is 0 Å². The first kappa shape index (κ1) is 11.5. The molecule has 2 aromatic heterocycles. The average Bonchev–Trinajstić information content (AvgIpc) is 2.80. The first-order chi connectivity index (χ1) is 8.16. The minimum Gasteiger partial charge on any atom is -0.478 e. The van der Waals surface area contributed by atoms with Crippen molar-refractivity contribution in [2.24, 2.45) is 0 Å². The van der Waals surface area contributed by atoms with Gasteiger partial charge in [-0.25, -0.2) is 9.78 Å². The molecular formula is C9H7BrN4O3. The van der Waals surface area contributed by atoms with Gasteiger partial charge in [0.15, 0.2) is 5.82 Å². The summed E-state index contributed by atoms with van der Waals surface area (Å²) in [5.41, 5.74) is 0.0721. The summed E-state index contributed by atoms with van der Waals surface area (Å²) in [6.45, 7) is 0.241. The van der Waals surface area contributed by atoms with Crippen LogP contribution in [0.15, 0.2) is 27.7 Å². The number of carboxylic acids is 1. The molecule has 0 saturated carbocycles. The average molecular weight is 299 g/mol. The number of rotatable bonds is 4. The van der Waals surface area contributed by atoms with E-state index in [-0.39, 0.29) is 17.9 Å². The third-order valence-corrected chi connectivity index (χ3v) is 2.34. The van der Waals surface area contributed by atoms with Gasteiger partial charge < -0.3 is 14.9 Å². The molecular weight excluding hydrogens is 292 g/mol. The van der Waals surface area contributed by atoms with Crippen molar-refractivity contribution in [3.63, 3.8) is 0 Å². The van der Waals surface area contributed by atoms with E-state index in [1.54, 1.807) is 0 Å². The Morgan fingerprint density at radius 1 is 1.53 bits per heavy atom. The predicted molar refractivity (Wildman–Crippen MR) is 60.5 cm³/mol. The Morgan fingerprint density at radius 2 is 2.35 bits per heavy atom. The molecule has 2 N–H and O–H groups in total. The van der Waals surface area contributed by atoms with Crippen LogP contribution in [0.1, 0.15) is 16.2 Å². The number of nitrogens with zero attached hydrogens (tertiary/aromatic N) is 3. The van der Waals surface area contributed by atoms with Crippen molar-refractivity contribution < 1.29 is 14.4 Å². The molecule has 0 spiro atoms. The molecule has 0 bridgehead atoms. The second-order valence-electron chi connectivity index (χ2n) is 3.06. The van der Waals surface area contributed by atoms with Crippen LogP contribution in [0, 0.1) is 0 Å². The maximum absolute atomic E-state index is 11.0. The Morgan fingerprint density at radius 3 is 3.00 bits per heavy atom. The fourth-order valence-electron chi connectivity index (χ4n) is 1.18. The third kappa shape index (κ3) is 2.78. The highest BCUT2D eigenvalue weighted by molar-refractivity contribution is 9.10. The standard InChI is InChI=1S/C9H7BrN4O3/c10-5-1-6(9(15)16)8(11-2-5)12-3-7-13-4-17-14-7/h1-2,4H,3H2,(H,11,12)(H,15,16). The van der Waals surface area contributed by atoms with Crippen LogP contribution in [0.25, 0.3) is 0 Å². The molecule has 0 atom stereocenters. The molecule has 0 radical (unpaired) electrons. The molecule has 2 rings (SSSR count). The van der Waals surface area contributed by atoms with Gasteiger partial charge in [0.05, 0.1) is 6.54 Å². The van der Waals surface area contributed by atoms with Crippen LogP contribution in [0.5, 0.6) is 0 Å². The Hall–Kier alpha value is -1.96. The van der Waals surface area contributed by atoms with Crippen molar-refractivity contribution in [2.75, 3.05) is 5.32 Å². The van der Waals surface area contributed by atoms with E-state index in [9.17, 15) is 4.79 Å². The van der Waals surface area contributed by atoms with Gasteiger partial charge in [0.1, 0.15) is 11.4 Å². The van der Waals surface area contributed by atoms with E-state index in [1.807, 2.05) is 0 Å². The third-order valence-electron chi connectivity index (χ3n) is 1.91. The molecule has 0 saturated heterocycles. The van der Waals surface area contributed by atoms with Crippen LogP contribution in [0.4, 0.5) is 5.82 Å². The number of hydrogen-bond donors (Lipinski definition) is 2. The summed E-state index contributed by atoms with van der Waals surface area (Å²) >= 11 is 3.16. The van der Waals surface area contributed by atoms with Crippen molar-refractivity contribution >= 4 is 27.7 Å². The number of carbonyl (C=O) groups is 1. The largest absolute Gasteiger partial charge is 0.478 e. The molecule has 0 amide bonds. The Labute approximate surface area is 104 Å². The first-order valence-corrected chi connectivity index (χ1v) is 5.34. The minimum absolute atomic E-state index is 0.0721. The van der Waals surface area contributed by atoms with Gasteiger partial charge in [-0.1, -0.05) is 5.16 Å². The highest BCUT2D eigenvalue weighted by atomic mass is 79.9. The predicted octanol–water partition coefficient (Wildman–Crippen LogP) is 1.54. The summed E-state index contributed by atoms with van der Waals surface area (Å²) < 4.78 is 5.15. The van der Waals surface area contributed by atoms with E-state index in [0.717, 1.165) is 0 Å². The second kappa shape index (κ2) is 4.91. The lowest BCUT2D eigenvalue weighted by molar-refractivity contribution is 0.0697. The number of aromatic carboxylic acids is 1. The van der Waals surface area contributed by atoms with Gasteiger partial charge >= 0.3 is 5.97 Å². The number of anilines is 1. The van der Waals surface area contributed by atoms with Gasteiger partial charge in [-0.3, -0.25) is 0 Å². The SMILES string of the molecule is O=C(O)c1cc(Br)cnc1NCc1ncon1. The van der Waals surface area contributed by atoms with Crippen molar-refractivity contribution in [1.82, 2.24) is 15.1 Å². The quantitative estimate of drug-likeness (QED) is 0.882. The monoisotopic (exact) mass is 298 g/mol. The number of halogens is 1. The van der Waals surface area contributed by atoms with Crippen molar-refractivity contribution in [3.8, 4) is 0 Å². The number of hydrogen-bond acceptors (Lipinski definition) is 6. The molecule has 2 aromatic rings. The zero-order valence-corrected chi connectivity index (χ0v) is 10.0. The molecule has 0 aromatic carbocycles. The zero-order chi connectivity index (χ0) is 12.3. The van der Waals surface area contributed by atoms with E-state index in [1.165, 1.54) is 18.7 Å². The van der Waals surface area contributed by atoms with E-state index in [0.29, 0.717) is 10.3 Å². The molecule has 8 heteroatoms. The van der Waals surface area contributed by atoms with Gasteiger partial charge in [-0.05, 0) is 22.0 Å². The second-order valence-corrected chi connectivity index (χ2v) is 3.97. The van der Waals surface area contributed by atoms with Crippen molar-refractivity contribution in [3.05, 3.63) is 34.5 Å². The first-order valence-electron chi connectivity index (χ1n) is 4.55. The van der Waals surface area contributed by atoms with E-state index in [2.05, 4.69) is 40.9 Å². The summed E-state index contributed by atoms with van der Waals surface area (Å²) in [4.78, 5) is 18.8. The van der Waals surface area contributed by atoms with Crippen molar-refractivity contribution in [1.29, 1.82) is 0 Å². The van der Waals surface area contributed by atoms with E-state index in [4.69, 9.17) is 5.11 Å². The number of nitrogens with one attached hydrogen (secondary N) is 1. The molecule has 7 nitrogen and oxygen atoms in total. The van der Waals surface area contributed by atoms with E-state index >= 15 is 0 Å². The number of aromatic nitrogens is 3. The molecule has 17 heavy (non-hydrogen) atoms. The maximum Gasteiger partial charge on any atom is 0.339 e. The molecule has 0 fully saturated rings. The highest BCUT2D eigenvalue weighted by Gasteiger charge is 2.12. The Balaban J connectivity index is 2.17. The Bertz CT molecular complexity index is 529. The lowest BCUT2D eigenvalue weighted by Crippen LogP contribution is -2.09. The fraction of sp³-hybridized carbons (Fsp3) is 0.111. The molecule has 0 unspecified atom stereocenters. The molecule has 88 valence electrons. The van der Waals surface area contributed by atoms with Gasteiger partial charge in [0, 0.05) is 10.7 Å². The Kier molecular flexibility index (Phi) is 3.33. The topological polar surface area (TPSA) is 101 Å². The number of carboxylic acid groups (broad SMARTS) is 1. The maximum atomic E-state index is 11.0. The molecule has 0 aliphatic rings. The molecule has 0 aliphatic carbocycles. The van der Waals surface area contributed by atoms with Crippen LogP contribution in [-0.2, 0) is 6.54 Å². The number of pyridine rings is 1. The van der Waals surface area contributed by atoms with Crippen LogP contribution in [0.2, 0.25) is 0 Å². The van der Waals surface area contributed by atoms with E-state index < -0.39 is 5.97 Å². The van der Waals surface area contributed by atoms with Crippen LogP contribution >= 0.6 is 15.9 Å². The van der Waals surface area contributed by atoms with Gasteiger partial charge in [-0.2, -0.15) is 4.98 Å². The summed E-state index contributed by atoms with van der Waals surface area (Å²) in [6, 6.07) is 1.47. The molecule has 2 heterocycles. The zero-order valence-electron chi connectivity index (χ0n) is 8.42. The minimum atomic E-state index is -1.06. The summed E-state index contributed by atoms with van der Waals surface area (Å²) in [7, 11) is 0. The van der Waals surface area contributed by atoms with Crippen LogP contribution < -0.4 is 5.32 Å². The summed E-state index contributed by atoms with van der Waals surface area (Å²) in [5, 5.41) is 15.4. The summed E-state index contributed by atoms with van der Waals surface area (Å²) in [5.74, 6) is -0.383. The molecule has 0 aliphatic heterocycles. The van der Waals surface area contributed by atoms with Gasteiger partial charge in [0.25, 0.3) is 0 Å². The van der Waals surface area contributed by atoms with Gasteiger partial charge in [0.2, 0.25) is 6.39 Å². The lowest BCUT2D eigenvalue weighted by atomic mass is 10.2. The fourth-order valence-corrected chi connectivity index (χ4v) is 1.51. The van der Waals surface area contributed by atoms with Crippen molar-refractivity contribution in [2.45, 2.75) is 6.54 Å². The normalized spacial score (nSPS) is 10.2. The van der Waals surface area contributed by atoms with Gasteiger partial charge in [-0.15, -0.1) is 0 Å². The highest BCUT2D eigenvalue weighted by Crippen LogP contribution is 2.18. The smallest absolute Gasteiger partial charge is 0.339 e. The van der Waals surface area contributed by atoms with Crippen LogP contribution in [-0.4, -0.2) is 26.2 Å². The lowest BCUT2D eigenvalue weighted by Gasteiger charge is -2.06. The summed E-state index contributed by atoms with van der Waals surface area (Å²) in [6.07, 6.45) is 2.70.